The van der Waals surface area contributed by atoms with Gasteiger partial charge in [-0.25, -0.2) is 22.7 Å². The highest BCUT2D eigenvalue weighted by Crippen LogP contribution is 2.47. The number of ether oxygens (including phenoxy) is 2. The molecule has 3 rings (SSSR count). The molecule has 0 aliphatic carbocycles. The number of rotatable bonds is 6. The van der Waals surface area contributed by atoms with Crippen molar-refractivity contribution in [3.8, 4) is 0 Å². The second kappa shape index (κ2) is 6.75. The van der Waals surface area contributed by atoms with Crippen LogP contribution in [0.2, 0.25) is 0 Å². The molecule has 2 saturated heterocycles. The monoisotopic (exact) mass is 420 g/mol. The first-order valence-electron chi connectivity index (χ1n) is 8.01. The number of aromatic nitrogens is 3. The molecule has 1 aromatic rings. The van der Waals surface area contributed by atoms with Crippen LogP contribution in [-0.4, -0.2) is 75.0 Å². The van der Waals surface area contributed by atoms with E-state index in [0.717, 1.165) is 9.58 Å². The molecule has 0 unspecified atom stereocenters. The van der Waals surface area contributed by atoms with Crippen LogP contribution in [0.15, 0.2) is 6.20 Å². The van der Waals surface area contributed by atoms with Gasteiger partial charge in [0.1, 0.15) is 10.1 Å². The molecule has 0 aromatic carbocycles. The van der Waals surface area contributed by atoms with E-state index >= 15 is 0 Å². The van der Waals surface area contributed by atoms with Gasteiger partial charge in [-0.3, -0.25) is 4.79 Å². The number of amides is 1. The van der Waals surface area contributed by atoms with Crippen LogP contribution in [0.1, 0.15) is 30.8 Å². The summed E-state index contributed by atoms with van der Waals surface area (Å²) in [7, 11) is -3.94. The Morgan fingerprint density at radius 1 is 1.41 bits per heavy atom. The van der Waals surface area contributed by atoms with Crippen LogP contribution in [-0.2, 0) is 35.4 Å². The predicted octanol–water partition coefficient (Wildman–Crippen LogP) is -0.692. The average molecular weight is 421 g/mol. The smallest absolute Gasteiger partial charge is 0.360 e. The van der Waals surface area contributed by atoms with Crippen LogP contribution >= 0.6 is 11.6 Å². The van der Waals surface area contributed by atoms with Gasteiger partial charge in [0.25, 0.3) is 0 Å². The summed E-state index contributed by atoms with van der Waals surface area (Å²) >= 11 is 5.43. The molecule has 0 saturated carbocycles. The van der Waals surface area contributed by atoms with E-state index in [-0.39, 0.29) is 25.3 Å². The zero-order valence-electron chi connectivity index (χ0n) is 14.5. The van der Waals surface area contributed by atoms with E-state index in [9.17, 15) is 22.8 Å². The van der Waals surface area contributed by atoms with E-state index in [1.165, 1.54) is 13.1 Å². The summed E-state index contributed by atoms with van der Waals surface area (Å²) in [5, 5.41) is 6.30. The lowest BCUT2D eigenvalue weighted by atomic mass is 9.96. The summed E-state index contributed by atoms with van der Waals surface area (Å²) in [6.45, 7) is 2.79. The lowest BCUT2D eigenvalue weighted by Gasteiger charge is -2.36. The zero-order chi connectivity index (χ0) is 20.0. The standard InChI is InChI=1S/C14H17ClN4O7S/c1-3-25-12(21)8-5-18(17-16-8)6-14(2)11(13(22)26-7-15)19-9(20)4-10(19)27(14,23)24/h5,10-11H,3-4,6-7H2,1-2H3/t10-,11+,14+/m1/s1. The minimum absolute atomic E-state index is 0.102. The SMILES string of the molecule is CCOC(=O)c1cn(C[C@@]2(C)[C@H](C(=O)OCCl)N3C(=O)C[C@H]3S2(=O)=O)nn1. The third kappa shape index (κ3) is 2.87. The molecule has 1 aromatic heterocycles. The van der Waals surface area contributed by atoms with Crippen molar-refractivity contribution >= 4 is 39.3 Å². The van der Waals surface area contributed by atoms with Crippen molar-refractivity contribution in [3.05, 3.63) is 11.9 Å². The quantitative estimate of drug-likeness (QED) is 0.332. The van der Waals surface area contributed by atoms with Crippen LogP contribution in [0.25, 0.3) is 0 Å². The molecule has 0 bridgehead atoms. The molecular weight excluding hydrogens is 404 g/mol. The lowest BCUT2D eigenvalue weighted by Crippen LogP contribution is -2.58. The van der Waals surface area contributed by atoms with E-state index in [1.807, 2.05) is 0 Å². The highest BCUT2D eigenvalue weighted by atomic mass is 35.5. The predicted molar refractivity (Wildman–Crippen MR) is 89.2 cm³/mol. The van der Waals surface area contributed by atoms with Crippen molar-refractivity contribution < 1.29 is 32.3 Å². The third-order valence-corrected chi connectivity index (χ3v) is 7.60. The number of hydrogen-bond acceptors (Lipinski definition) is 9. The fourth-order valence-electron chi connectivity index (χ4n) is 3.40. The molecule has 0 spiro atoms. The molecule has 0 N–H and O–H groups in total. The molecule has 3 heterocycles. The minimum atomic E-state index is -3.94. The van der Waals surface area contributed by atoms with Gasteiger partial charge >= 0.3 is 11.9 Å². The van der Waals surface area contributed by atoms with Gasteiger partial charge in [-0.15, -0.1) is 5.10 Å². The Bertz CT molecular complexity index is 901. The maximum atomic E-state index is 13.0. The summed E-state index contributed by atoms with van der Waals surface area (Å²) < 4.78 is 35.0. The van der Waals surface area contributed by atoms with Crippen molar-refractivity contribution in [3.63, 3.8) is 0 Å². The Labute approximate surface area is 159 Å². The summed E-state index contributed by atoms with van der Waals surface area (Å²) in [4.78, 5) is 37.1. The number of alkyl halides is 1. The van der Waals surface area contributed by atoms with Crippen molar-refractivity contribution in [2.24, 2.45) is 0 Å². The normalized spacial score (nSPS) is 28.4. The van der Waals surface area contributed by atoms with Gasteiger partial charge in [-0.1, -0.05) is 16.8 Å². The molecule has 27 heavy (non-hydrogen) atoms. The van der Waals surface area contributed by atoms with Gasteiger partial charge < -0.3 is 14.4 Å². The van der Waals surface area contributed by atoms with E-state index in [2.05, 4.69) is 10.3 Å². The Hall–Kier alpha value is -2.21. The summed E-state index contributed by atoms with van der Waals surface area (Å²) in [5.41, 5.74) is -0.102. The largest absolute Gasteiger partial charge is 0.461 e. The Morgan fingerprint density at radius 3 is 2.70 bits per heavy atom. The number of carbonyl (C=O) groups excluding carboxylic acids is 3. The average Bonchev–Trinajstić information content (AvgIpc) is 3.09. The lowest BCUT2D eigenvalue weighted by molar-refractivity contribution is -0.160. The molecule has 11 nitrogen and oxygen atoms in total. The Kier molecular flexibility index (Phi) is 4.89. The van der Waals surface area contributed by atoms with Gasteiger partial charge in [0.05, 0.1) is 25.8 Å². The Morgan fingerprint density at radius 2 is 2.11 bits per heavy atom. The topological polar surface area (TPSA) is 138 Å². The molecule has 13 heteroatoms. The number of sulfone groups is 1. The maximum absolute atomic E-state index is 13.0. The van der Waals surface area contributed by atoms with E-state index in [1.54, 1.807) is 6.92 Å². The van der Waals surface area contributed by atoms with Crippen molar-refractivity contribution in [1.82, 2.24) is 19.9 Å². The first-order chi connectivity index (χ1) is 12.7. The number of nitrogens with zero attached hydrogens (tertiary/aromatic N) is 4. The molecule has 1 amide bonds. The molecule has 2 aliphatic heterocycles. The third-order valence-electron chi connectivity index (χ3n) is 4.73. The summed E-state index contributed by atoms with van der Waals surface area (Å²) in [6, 6.07) is -1.85. The number of carbonyl (C=O) groups is 3. The highest BCUT2D eigenvalue weighted by Gasteiger charge is 2.70. The van der Waals surface area contributed by atoms with Gasteiger partial charge in [0.2, 0.25) is 5.91 Å². The van der Waals surface area contributed by atoms with Crippen molar-refractivity contribution in [1.29, 1.82) is 0 Å². The molecule has 148 valence electrons. The van der Waals surface area contributed by atoms with Crippen LogP contribution in [0, 0.1) is 0 Å². The summed E-state index contributed by atoms with van der Waals surface area (Å²) in [5.74, 6) is -2.09. The first-order valence-corrected chi connectivity index (χ1v) is 10.1. The van der Waals surface area contributed by atoms with Crippen LogP contribution in [0.5, 0.6) is 0 Å². The van der Waals surface area contributed by atoms with Crippen molar-refractivity contribution in [2.75, 3.05) is 12.7 Å². The molecule has 3 atom stereocenters. The van der Waals surface area contributed by atoms with Gasteiger partial charge in [0.15, 0.2) is 27.6 Å². The number of hydrogen-bond donors (Lipinski definition) is 0. The van der Waals surface area contributed by atoms with E-state index < -0.39 is 49.9 Å². The van der Waals surface area contributed by atoms with Crippen LogP contribution in [0.3, 0.4) is 0 Å². The van der Waals surface area contributed by atoms with Gasteiger partial charge in [-0.05, 0) is 13.8 Å². The summed E-state index contributed by atoms with van der Waals surface area (Å²) in [6.07, 6.45) is 1.02. The van der Waals surface area contributed by atoms with Crippen LogP contribution in [0.4, 0.5) is 0 Å². The molecule has 2 aliphatic rings. The molecule has 2 fully saturated rings. The number of esters is 2. The zero-order valence-corrected chi connectivity index (χ0v) is 16.1. The fourth-order valence-corrected chi connectivity index (χ4v) is 5.86. The number of halogens is 1. The van der Waals surface area contributed by atoms with Crippen molar-refractivity contribution in [2.45, 2.75) is 43.0 Å². The molecular formula is C14H17ClN4O7S. The van der Waals surface area contributed by atoms with Gasteiger partial charge in [0, 0.05) is 0 Å². The van der Waals surface area contributed by atoms with Crippen LogP contribution < -0.4 is 0 Å². The fraction of sp³-hybridized carbons (Fsp3) is 0.643. The highest BCUT2D eigenvalue weighted by molar-refractivity contribution is 7.93. The second-order valence-electron chi connectivity index (χ2n) is 6.31. The number of β-lactam (4-membered cyclic amide) rings is 1. The first kappa shape index (κ1) is 19.5. The number of fused-ring (bicyclic) bond motifs is 1. The van der Waals surface area contributed by atoms with E-state index in [0.29, 0.717) is 0 Å². The molecule has 0 radical (unpaired) electrons. The maximum Gasteiger partial charge on any atom is 0.360 e. The van der Waals surface area contributed by atoms with E-state index in [4.69, 9.17) is 21.1 Å². The minimum Gasteiger partial charge on any atom is -0.461 e. The Balaban J connectivity index is 1.96. The van der Waals surface area contributed by atoms with Gasteiger partial charge in [-0.2, -0.15) is 0 Å². The second-order valence-corrected chi connectivity index (χ2v) is 9.10.